The molecule has 2 heterocycles. The number of rotatable bonds is 2. The average Bonchev–Trinajstić information content (AvgIpc) is 2.96. The van der Waals surface area contributed by atoms with Crippen molar-refractivity contribution >= 4 is 27.8 Å². The molecule has 3 aliphatic rings. The van der Waals surface area contributed by atoms with Crippen molar-refractivity contribution in [3.05, 3.63) is 22.2 Å². The van der Waals surface area contributed by atoms with Gasteiger partial charge in [0, 0.05) is 6.04 Å². The number of fused-ring (bicyclic) bond motifs is 1. The smallest absolute Gasteiger partial charge is 0.256 e. The minimum Gasteiger partial charge on any atom is -0.454 e. The molecule has 1 unspecified atom stereocenters. The second-order valence-corrected chi connectivity index (χ2v) is 5.88. The normalized spacial score (nSPS) is 23.6. The van der Waals surface area contributed by atoms with Crippen LogP contribution in [-0.4, -0.2) is 24.7 Å². The minimum absolute atomic E-state index is 0.126. The Morgan fingerprint density at radius 3 is 3.00 bits per heavy atom. The van der Waals surface area contributed by atoms with Crippen molar-refractivity contribution in [2.75, 3.05) is 6.79 Å². The predicted molar refractivity (Wildman–Crippen MR) is 74.7 cm³/mol. The van der Waals surface area contributed by atoms with E-state index < -0.39 is 6.04 Å². The van der Waals surface area contributed by atoms with Gasteiger partial charge in [0.1, 0.15) is 0 Å². The maximum Gasteiger partial charge on any atom is 0.256 e. The second-order valence-electron chi connectivity index (χ2n) is 5.02. The number of amides is 1. The summed E-state index contributed by atoms with van der Waals surface area (Å²) in [5, 5.41) is 5.97. The topological polar surface area (TPSA) is 72.0 Å². The molecule has 4 rings (SSSR count). The molecule has 20 heavy (non-hydrogen) atoms. The van der Waals surface area contributed by atoms with Crippen LogP contribution in [0.2, 0.25) is 0 Å². The molecule has 0 radical (unpaired) electrons. The standard InChI is InChI=1S/C13H12BrN3O3/c14-8-3-6(4-9-11(8)20-5-19-9)10-12(18)17-13(16-10)15-7-1-2-7/h3-4,7,10H,1-2,5H2,(H2,15,16,17,18). The molecule has 1 fully saturated rings. The molecule has 1 aromatic carbocycles. The lowest BCUT2D eigenvalue weighted by molar-refractivity contribution is -0.120. The monoisotopic (exact) mass is 337 g/mol. The van der Waals surface area contributed by atoms with Crippen molar-refractivity contribution in [1.29, 1.82) is 0 Å². The van der Waals surface area contributed by atoms with Gasteiger partial charge < -0.3 is 14.8 Å². The fourth-order valence-electron chi connectivity index (χ4n) is 2.27. The van der Waals surface area contributed by atoms with E-state index >= 15 is 0 Å². The highest BCUT2D eigenvalue weighted by Gasteiger charge is 2.32. The van der Waals surface area contributed by atoms with Crippen LogP contribution < -0.4 is 20.1 Å². The molecule has 6 nitrogen and oxygen atoms in total. The van der Waals surface area contributed by atoms with E-state index in [1.807, 2.05) is 6.07 Å². The highest BCUT2D eigenvalue weighted by molar-refractivity contribution is 9.10. The summed E-state index contributed by atoms with van der Waals surface area (Å²) in [6, 6.07) is 3.57. The molecule has 1 atom stereocenters. The maximum absolute atomic E-state index is 12.0. The van der Waals surface area contributed by atoms with Crippen molar-refractivity contribution in [3.8, 4) is 11.5 Å². The number of benzene rings is 1. The zero-order valence-corrected chi connectivity index (χ0v) is 12.1. The third-order valence-electron chi connectivity index (χ3n) is 3.43. The first kappa shape index (κ1) is 12.0. The summed E-state index contributed by atoms with van der Waals surface area (Å²) in [4.78, 5) is 16.5. The Hall–Kier alpha value is -1.76. The molecule has 1 saturated carbocycles. The van der Waals surface area contributed by atoms with Crippen molar-refractivity contribution in [1.82, 2.24) is 10.6 Å². The van der Waals surface area contributed by atoms with Crippen LogP contribution in [0.4, 0.5) is 0 Å². The van der Waals surface area contributed by atoms with Crippen molar-refractivity contribution in [2.45, 2.75) is 24.9 Å². The molecule has 0 bridgehead atoms. The first-order valence-corrected chi connectivity index (χ1v) is 7.24. The molecule has 1 amide bonds. The number of nitrogens with one attached hydrogen (secondary N) is 2. The Labute approximate surface area is 123 Å². The van der Waals surface area contributed by atoms with E-state index in [9.17, 15) is 4.79 Å². The predicted octanol–water partition coefficient (Wildman–Crippen LogP) is 1.46. The fourth-order valence-corrected chi connectivity index (χ4v) is 2.84. The van der Waals surface area contributed by atoms with Gasteiger partial charge in [-0.25, -0.2) is 4.99 Å². The number of guanidine groups is 1. The molecule has 2 N–H and O–H groups in total. The van der Waals surface area contributed by atoms with Gasteiger partial charge in [0.2, 0.25) is 6.79 Å². The number of nitrogens with zero attached hydrogens (tertiary/aromatic N) is 1. The van der Waals surface area contributed by atoms with Gasteiger partial charge in [-0.3, -0.25) is 10.1 Å². The number of hydrogen-bond acceptors (Lipinski definition) is 5. The lowest BCUT2D eigenvalue weighted by Crippen LogP contribution is -2.37. The number of hydrogen-bond donors (Lipinski definition) is 2. The second kappa shape index (κ2) is 4.37. The van der Waals surface area contributed by atoms with Gasteiger partial charge >= 0.3 is 0 Å². The maximum atomic E-state index is 12.0. The van der Waals surface area contributed by atoms with Crippen molar-refractivity contribution in [3.63, 3.8) is 0 Å². The quantitative estimate of drug-likeness (QED) is 0.856. The molecule has 104 valence electrons. The van der Waals surface area contributed by atoms with Crippen LogP contribution in [0, 0.1) is 0 Å². The lowest BCUT2D eigenvalue weighted by atomic mass is 10.1. The van der Waals surface area contributed by atoms with Crippen LogP contribution >= 0.6 is 15.9 Å². The van der Waals surface area contributed by atoms with Gasteiger partial charge in [0.05, 0.1) is 4.47 Å². The molecule has 7 heteroatoms. The third kappa shape index (κ3) is 2.02. The Morgan fingerprint density at radius 1 is 1.35 bits per heavy atom. The first-order valence-electron chi connectivity index (χ1n) is 6.45. The molecule has 0 aromatic heterocycles. The Kier molecular flexibility index (Phi) is 2.63. The van der Waals surface area contributed by atoms with E-state index in [1.54, 1.807) is 6.07 Å². The zero-order chi connectivity index (χ0) is 13.7. The largest absolute Gasteiger partial charge is 0.454 e. The summed E-state index contributed by atoms with van der Waals surface area (Å²) in [5.74, 6) is 1.75. The molecule has 2 aliphatic heterocycles. The highest BCUT2D eigenvalue weighted by atomic mass is 79.9. The highest BCUT2D eigenvalue weighted by Crippen LogP contribution is 2.42. The van der Waals surface area contributed by atoms with E-state index in [4.69, 9.17) is 9.47 Å². The SMILES string of the molecule is O=C1NC(NC2CC2)=NC1c1cc(Br)c2c(c1)OCO2. The van der Waals surface area contributed by atoms with Crippen LogP contribution in [-0.2, 0) is 4.79 Å². The van der Waals surface area contributed by atoms with Crippen LogP contribution in [0.25, 0.3) is 0 Å². The molecular weight excluding hydrogens is 326 g/mol. The fraction of sp³-hybridized carbons (Fsp3) is 0.385. The van der Waals surface area contributed by atoms with Gasteiger partial charge in [-0.1, -0.05) is 0 Å². The van der Waals surface area contributed by atoms with Crippen LogP contribution in [0.1, 0.15) is 24.4 Å². The number of aliphatic imine (C=N–C) groups is 1. The van der Waals surface area contributed by atoms with Gasteiger partial charge in [0.15, 0.2) is 23.5 Å². The number of carbonyl (C=O) groups excluding carboxylic acids is 1. The van der Waals surface area contributed by atoms with E-state index in [2.05, 4.69) is 31.6 Å². The van der Waals surface area contributed by atoms with Gasteiger partial charge in [-0.2, -0.15) is 0 Å². The summed E-state index contributed by atoms with van der Waals surface area (Å²) in [5.41, 5.74) is 0.784. The van der Waals surface area contributed by atoms with Crippen molar-refractivity contribution in [2.24, 2.45) is 4.99 Å². The van der Waals surface area contributed by atoms with Crippen molar-refractivity contribution < 1.29 is 14.3 Å². The minimum atomic E-state index is -0.540. The zero-order valence-electron chi connectivity index (χ0n) is 10.5. The first-order chi connectivity index (χ1) is 9.70. The van der Waals surface area contributed by atoms with Gasteiger partial charge in [-0.15, -0.1) is 0 Å². The van der Waals surface area contributed by atoms with Crippen LogP contribution in [0.15, 0.2) is 21.6 Å². The summed E-state index contributed by atoms with van der Waals surface area (Å²) in [6.45, 7) is 0.200. The van der Waals surface area contributed by atoms with E-state index in [0.29, 0.717) is 23.5 Å². The van der Waals surface area contributed by atoms with E-state index in [1.165, 1.54) is 0 Å². The van der Waals surface area contributed by atoms with Gasteiger partial charge in [-0.05, 0) is 46.5 Å². The van der Waals surface area contributed by atoms with Crippen LogP contribution in [0.3, 0.4) is 0 Å². The summed E-state index contributed by atoms with van der Waals surface area (Å²) < 4.78 is 11.5. The Balaban J connectivity index is 1.65. The van der Waals surface area contributed by atoms with Crippen LogP contribution in [0.5, 0.6) is 11.5 Å². The molecule has 1 aromatic rings. The van der Waals surface area contributed by atoms with E-state index in [0.717, 1.165) is 22.9 Å². The average molecular weight is 338 g/mol. The summed E-state index contributed by atoms with van der Waals surface area (Å²) >= 11 is 3.43. The van der Waals surface area contributed by atoms with Gasteiger partial charge in [0.25, 0.3) is 5.91 Å². The Morgan fingerprint density at radius 2 is 2.20 bits per heavy atom. The summed E-state index contributed by atoms with van der Waals surface area (Å²) in [7, 11) is 0. The number of carbonyl (C=O) groups is 1. The molecule has 0 spiro atoms. The molecular formula is C13H12BrN3O3. The number of halogens is 1. The summed E-state index contributed by atoms with van der Waals surface area (Å²) in [6.07, 6.45) is 2.27. The number of ether oxygens (including phenoxy) is 2. The molecule has 1 aliphatic carbocycles. The third-order valence-corrected chi connectivity index (χ3v) is 4.02. The Bertz CT molecular complexity index is 628. The van der Waals surface area contributed by atoms with E-state index in [-0.39, 0.29) is 12.7 Å². The molecule has 0 saturated heterocycles. The lowest BCUT2D eigenvalue weighted by Gasteiger charge is -2.07.